The van der Waals surface area contributed by atoms with E-state index in [1.165, 1.54) is 5.56 Å². The molecule has 5 rings (SSSR count). The van der Waals surface area contributed by atoms with E-state index in [1.807, 2.05) is 18.2 Å². The fourth-order valence-electron chi connectivity index (χ4n) is 4.63. The molecule has 0 atom stereocenters. The van der Waals surface area contributed by atoms with Crippen molar-refractivity contribution in [1.82, 2.24) is 19.4 Å². The number of piperazine rings is 1. The van der Waals surface area contributed by atoms with E-state index < -0.39 is 0 Å². The molecule has 0 aliphatic carbocycles. The Morgan fingerprint density at radius 1 is 0.943 bits per heavy atom. The van der Waals surface area contributed by atoms with Gasteiger partial charge in [-0.15, -0.1) is 0 Å². The van der Waals surface area contributed by atoms with Crippen LogP contribution in [0.5, 0.6) is 0 Å². The molecule has 2 heterocycles. The maximum absolute atomic E-state index is 12.5. The Morgan fingerprint density at radius 2 is 1.66 bits per heavy atom. The summed E-state index contributed by atoms with van der Waals surface area (Å²) in [5.74, 6) is 0.900. The van der Waals surface area contributed by atoms with Crippen LogP contribution in [-0.4, -0.2) is 58.0 Å². The molecule has 0 unspecified atom stereocenters. The van der Waals surface area contributed by atoms with Crippen molar-refractivity contribution in [2.24, 2.45) is 7.05 Å². The number of aryl methyl sites for hydroxylation is 1. The van der Waals surface area contributed by atoms with Crippen molar-refractivity contribution in [3.05, 3.63) is 94.8 Å². The average Bonchev–Trinajstić information content (AvgIpc) is 3.19. The van der Waals surface area contributed by atoms with Crippen LogP contribution in [0.25, 0.3) is 11.0 Å². The summed E-state index contributed by atoms with van der Waals surface area (Å²) in [7, 11) is 2.06. The highest BCUT2D eigenvalue weighted by molar-refractivity contribution is 6.30. The molecule has 180 valence electrons. The van der Waals surface area contributed by atoms with Gasteiger partial charge in [0.1, 0.15) is 5.82 Å². The Balaban J connectivity index is 1.17. The van der Waals surface area contributed by atoms with Gasteiger partial charge in [0.15, 0.2) is 0 Å². The van der Waals surface area contributed by atoms with Crippen LogP contribution in [0.1, 0.15) is 21.7 Å². The fourth-order valence-corrected chi connectivity index (χ4v) is 4.75. The Labute approximate surface area is 211 Å². The van der Waals surface area contributed by atoms with Crippen LogP contribution < -0.4 is 5.32 Å². The number of anilines is 1. The molecule has 1 amide bonds. The quantitative estimate of drug-likeness (QED) is 0.405. The zero-order valence-electron chi connectivity index (χ0n) is 20.0. The van der Waals surface area contributed by atoms with E-state index >= 15 is 0 Å². The number of rotatable bonds is 7. The van der Waals surface area contributed by atoms with Crippen molar-refractivity contribution in [1.29, 1.82) is 0 Å². The highest BCUT2D eigenvalue weighted by Crippen LogP contribution is 2.21. The second kappa shape index (κ2) is 10.6. The first-order chi connectivity index (χ1) is 17.0. The minimum absolute atomic E-state index is 0.163. The molecule has 6 nitrogen and oxygen atoms in total. The molecule has 7 heteroatoms. The molecule has 0 bridgehead atoms. The molecule has 3 aromatic carbocycles. The second-order valence-electron chi connectivity index (χ2n) is 9.10. The predicted molar refractivity (Wildman–Crippen MR) is 142 cm³/mol. The van der Waals surface area contributed by atoms with Gasteiger partial charge in [-0.2, -0.15) is 0 Å². The number of aromatic nitrogens is 2. The number of carbonyl (C=O) groups is 1. The number of nitrogens with zero attached hydrogens (tertiary/aromatic N) is 4. The largest absolute Gasteiger partial charge is 0.331 e. The van der Waals surface area contributed by atoms with Gasteiger partial charge < -0.3 is 14.8 Å². The number of hydrogen-bond acceptors (Lipinski definition) is 4. The van der Waals surface area contributed by atoms with E-state index in [0.29, 0.717) is 10.6 Å². The molecule has 1 N–H and O–H groups in total. The zero-order chi connectivity index (χ0) is 24.2. The van der Waals surface area contributed by atoms with Crippen molar-refractivity contribution in [2.75, 3.05) is 38.0 Å². The Morgan fingerprint density at radius 3 is 2.40 bits per heavy atom. The number of halogens is 1. The van der Waals surface area contributed by atoms with E-state index in [0.717, 1.165) is 68.2 Å². The number of benzene rings is 3. The van der Waals surface area contributed by atoms with E-state index in [9.17, 15) is 4.79 Å². The summed E-state index contributed by atoms with van der Waals surface area (Å²) in [6.07, 6.45) is 0.899. The molecule has 1 aliphatic heterocycles. The highest BCUT2D eigenvalue weighted by atomic mass is 35.5. The molecular weight excluding hydrogens is 458 g/mol. The van der Waals surface area contributed by atoms with Crippen molar-refractivity contribution in [3.63, 3.8) is 0 Å². The molecule has 0 saturated carbocycles. The van der Waals surface area contributed by atoms with Gasteiger partial charge >= 0.3 is 0 Å². The number of nitrogens with one attached hydrogen (secondary N) is 1. The minimum Gasteiger partial charge on any atom is -0.331 e. The fraction of sp³-hybridized carbons (Fsp3) is 0.286. The number of carbonyl (C=O) groups excluding carboxylic acids is 1. The summed E-state index contributed by atoms with van der Waals surface area (Å²) < 4.78 is 2.16. The monoisotopic (exact) mass is 487 g/mol. The molecule has 35 heavy (non-hydrogen) atoms. The molecule has 1 saturated heterocycles. The van der Waals surface area contributed by atoms with Gasteiger partial charge in [-0.25, -0.2) is 4.98 Å². The van der Waals surface area contributed by atoms with E-state index in [4.69, 9.17) is 16.6 Å². The average molecular weight is 488 g/mol. The summed E-state index contributed by atoms with van der Waals surface area (Å²) in [5.41, 5.74) is 4.64. The number of imidazole rings is 1. The number of fused-ring (bicyclic) bond motifs is 1. The summed E-state index contributed by atoms with van der Waals surface area (Å²) in [4.78, 5) is 22.5. The lowest BCUT2D eigenvalue weighted by atomic mass is 10.2. The first-order valence-electron chi connectivity index (χ1n) is 12.1. The molecule has 1 fully saturated rings. The van der Waals surface area contributed by atoms with Gasteiger partial charge in [0.2, 0.25) is 0 Å². The SMILES string of the molecule is Cn1c(CCN2CCN(Cc3ccccc3)CC2)nc2cc(NC(=O)c3ccc(Cl)cc3)ccc21. The third kappa shape index (κ3) is 5.73. The predicted octanol–water partition coefficient (Wildman–Crippen LogP) is 4.84. The van der Waals surface area contributed by atoms with Crippen LogP contribution in [-0.2, 0) is 20.0 Å². The Bertz CT molecular complexity index is 1290. The third-order valence-electron chi connectivity index (χ3n) is 6.70. The van der Waals surface area contributed by atoms with Gasteiger partial charge in [0, 0.05) is 69.0 Å². The molecule has 1 aliphatic rings. The van der Waals surface area contributed by atoms with Crippen LogP contribution in [0.3, 0.4) is 0 Å². The maximum Gasteiger partial charge on any atom is 0.255 e. The Hall–Kier alpha value is -3.19. The van der Waals surface area contributed by atoms with E-state index in [1.54, 1.807) is 24.3 Å². The zero-order valence-corrected chi connectivity index (χ0v) is 20.7. The van der Waals surface area contributed by atoms with Crippen molar-refractivity contribution < 1.29 is 4.79 Å². The highest BCUT2D eigenvalue weighted by Gasteiger charge is 2.18. The van der Waals surface area contributed by atoms with Crippen molar-refractivity contribution in [3.8, 4) is 0 Å². The topological polar surface area (TPSA) is 53.4 Å². The van der Waals surface area contributed by atoms with Gasteiger partial charge in [0.05, 0.1) is 11.0 Å². The van der Waals surface area contributed by atoms with Crippen molar-refractivity contribution >= 4 is 34.2 Å². The van der Waals surface area contributed by atoms with Crippen LogP contribution in [0.4, 0.5) is 5.69 Å². The molecular formula is C28H30ClN5O. The van der Waals surface area contributed by atoms with Gasteiger partial charge in [0.25, 0.3) is 5.91 Å². The summed E-state index contributed by atoms with van der Waals surface area (Å²) >= 11 is 5.92. The van der Waals surface area contributed by atoms with Crippen molar-refractivity contribution in [2.45, 2.75) is 13.0 Å². The maximum atomic E-state index is 12.5. The summed E-state index contributed by atoms with van der Waals surface area (Å²) in [6.45, 7) is 6.37. The summed E-state index contributed by atoms with van der Waals surface area (Å²) in [6, 6.07) is 23.4. The normalized spacial score (nSPS) is 14.9. The smallest absolute Gasteiger partial charge is 0.255 e. The molecule has 1 aromatic heterocycles. The van der Waals surface area contributed by atoms with Gasteiger partial charge in [-0.3, -0.25) is 9.69 Å². The van der Waals surface area contributed by atoms with E-state index in [-0.39, 0.29) is 5.91 Å². The number of hydrogen-bond donors (Lipinski definition) is 1. The molecule has 0 spiro atoms. The summed E-state index contributed by atoms with van der Waals surface area (Å²) in [5, 5.41) is 3.57. The molecule has 0 radical (unpaired) electrons. The lowest BCUT2D eigenvalue weighted by molar-refractivity contribution is 0.102. The lowest BCUT2D eigenvalue weighted by Gasteiger charge is -2.34. The lowest BCUT2D eigenvalue weighted by Crippen LogP contribution is -2.46. The van der Waals surface area contributed by atoms with Crippen LogP contribution in [0.15, 0.2) is 72.8 Å². The number of amides is 1. The standard InChI is InChI=1S/C28H30ClN5O/c1-32-26-12-11-24(30-28(35)22-7-9-23(29)10-8-22)19-25(26)31-27(32)13-14-33-15-17-34(18-16-33)20-21-5-3-2-4-6-21/h2-12,19H,13-18,20H2,1H3,(H,30,35). The van der Waals surface area contributed by atoms with Crippen LogP contribution >= 0.6 is 11.6 Å². The molecule has 4 aromatic rings. The minimum atomic E-state index is -0.163. The van der Waals surface area contributed by atoms with Gasteiger partial charge in [-0.1, -0.05) is 41.9 Å². The first-order valence-corrected chi connectivity index (χ1v) is 12.4. The second-order valence-corrected chi connectivity index (χ2v) is 9.54. The third-order valence-corrected chi connectivity index (χ3v) is 6.96. The van der Waals surface area contributed by atoms with E-state index in [2.05, 4.69) is 57.1 Å². The Kier molecular flexibility index (Phi) is 7.13. The first kappa shape index (κ1) is 23.5. The van der Waals surface area contributed by atoms with Crippen LogP contribution in [0, 0.1) is 0 Å². The van der Waals surface area contributed by atoms with Crippen LogP contribution in [0.2, 0.25) is 5.02 Å². The van der Waals surface area contributed by atoms with Gasteiger partial charge in [-0.05, 0) is 48.0 Å².